The molecule has 0 amide bonds. The van der Waals surface area contributed by atoms with E-state index < -0.39 is 0 Å². The predicted molar refractivity (Wildman–Crippen MR) is 72.9 cm³/mol. The molecule has 0 saturated carbocycles. The molecule has 0 atom stereocenters. The molecule has 1 aliphatic rings. The van der Waals surface area contributed by atoms with Gasteiger partial charge in [-0.1, -0.05) is 25.0 Å². The van der Waals surface area contributed by atoms with Crippen LogP contribution in [0.5, 0.6) is 5.75 Å². The Bertz CT molecular complexity index is 582. The van der Waals surface area contributed by atoms with E-state index in [9.17, 15) is 4.39 Å². The number of rotatable bonds is 3. The summed E-state index contributed by atoms with van der Waals surface area (Å²) >= 11 is 0. The van der Waals surface area contributed by atoms with Crippen molar-refractivity contribution in [2.75, 3.05) is 0 Å². The number of halogens is 1. The first-order valence-electron chi connectivity index (χ1n) is 7.13. The molecule has 4 nitrogen and oxygen atoms in total. The van der Waals surface area contributed by atoms with Gasteiger partial charge in [0.2, 0.25) is 0 Å². The Morgan fingerprint density at radius 3 is 2.85 bits per heavy atom. The van der Waals surface area contributed by atoms with Gasteiger partial charge in [-0.2, -0.15) is 0 Å². The fraction of sp³-hybridized carbons (Fsp3) is 0.467. The SMILES string of the molecule is Fc1ccccc1OCc1nnc2n1CCCCCC2. The van der Waals surface area contributed by atoms with Gasteiger partial charge >= 0.3 is 0 Å². The highest BCUT2D eigenvalue weighted by Gasteiger charge is 2.14. The summed E-state index contributed by atoms with van der Waals surface area (Å²) in [6.07, 6.45) is 5.76. The van der Waals surface area contributed by atoms with Crippen LogP contribution in [0.1, 0.15) is 37.3 Å². The maximum absolute atomic E-state index is 13.5. The lowest BCUT2D eigenvalue weighted by molar-refractivity contribution is 0.273. The molecule has 1 aliphatic heterocycles. The van der Waals surface area contributed by atoms with Gasteiger partial charge in [-0.25, -0.2) is 4.39 Å². The first-order chi connectivity index (χ1) is 9.84. The maximum Gasteiger partial charge on any atom is 0.171 e. The van der Waals surface area contributed by atoms with E-state index in [1.165, 1.54) is 18.9 Å². The van der Waals surface area contributed by atoms with Crippen LogP contribution in [0.4, 0.5) is 4.39 Å². The third kappa shape index (κ3) is 2.81. The van der Waals surface area contributed by atoms with Crippen molar-refractivity contribution in [3.05, 3.63) is 41.7 Å². The summed E-state index contributed by atoms with van der Waals surface area (Å²) in [5.74, 6) is 1.72. The van der Waals surface area contributed by atoms with Crippen LogP contribution < -0.4 is 4.74 Å². The third-order valence-corrected chi connectivity index (χ3v) is 3.63. The Labute approximate surface area is 117 Å². The lowest BCUT2D eigenvalue weighted by Crippen LogP contribution is -2.12. The van der Waals surface area contributed by atoms with E-state index in [1.807, 2.05) is 0 Å². The summed E-state index contributed by atoms with van der Waals surface area (Å²) in [4.78, 5) is 0. The number of aromatic nitrogens is 3. The van der Waals surface area contributed by atoms with E-state index in [-0.39, 0.29) is 18.2 Å². The van der Waals surface area contributed by atoms with Crippen molar-refractivity contribution in [3.8, 4) is 5.75 Å². The first-order valence-corrected chi connectivity index (χ1v) is 7.13. The highest BCUT2D eigenvalue weighted by molar-refractivity contribution is 5.23. The lowest BCUT2D eigenvalue weighted by atomic mass is 10.1. The Hall–Kier alpha value is -1.91. The molecule has 20 heavy (non-hydrogen) atoms. The van der Waals surface area contributed by atoms with Crippen molar-refractivity contribution in [1.29, 1.82) is 0 Å². The number of ether oxygens (including phenoxy) is 1. The molecule has 3 rings (SSSR count). The molecular weight excluding hydrogens is 257 g/mol. The van der Waals surface area contributed by atoms with E-state index in [4.69, 9.17) is 4.74 Å². The zero-order valence-corrected chi connectivity index (χ0v) is 11.4. The standard InChI is InChI=1S/C15H18FN3O/c16-12-7-4-5-8-13(12)20-11-15-18-17-14-9-3-1-2-6-10-19(14)15/h4-5,7-8H,1-3,6,9-11H2. The van der Waals surface area contributed by atoms with Crippen LogP contribution in [0.25, 0.3) is 0 Å². The van der Waals surface area contributed by atoms with Gasteiger partial charge in [0.15, 0.2) is 17.4 Å². The van der Waals surface area contributed by atoms with E-state index >= 15 is 0 Å². The lowest BCUT2D eigenvalue weighted by Gasteiger charge is -2.13. The molecule has 0 fully saturated rings. The Morgan fingerprint density at radius 1 is 1.10 bits per heavy atom. The number of hydrogen-bond acceptors (Lipinski definition) is 3. The average molecular weight is 275 g/mol. The van der Waals surface area contributed by atoms with E-state index in [0.29, 0.717) is 0 Å². The van der Waals surface area contributed by atoms with Gasteiger partial charge in [-0.3, -0.25) is 0 Å². The summed E-state index contributed by atoms with van der Waals surface area (Å²) in [7, 11) is 0. The van der Waals surface area contributed by atoms with E-state index in [2.05, 4.69) is 14.8 Å². The molecule has 0 radical (unpaired) electrons. The smallest absolute Gasteiger partial charge is 0.171 e. The molecule has 106 valence electrons. The second kappa shape index (κ2) is 6.03. The fourth-order valence-corrected chi connectivity index (χ4v) is 2.53. The molecule has 0 unspecified atom stereocenters. The van der Waals surface area contributed by atoms with Crippen LogP contribution in [0.15, 0.2) is 24.3 Å². The van der Waals surface area contributed by atoms with Crippen molar-refractivity contribution in [3.63, 3.8) is 0 Å². The molecule has 0 spiro atoms. The molecule has 2 heterocycles. The van der Waals surface area contributed by atoms with Gasteiger partial charge in [-0.15, -0.1) is 10.2 Å². The van der Waals surface area contributed by atoms with Gasteiger partial charge in [0, 0.05) is 13.0 Å². The molecule has 2 aromatic rings. The quantitative estimate of drug-likeness (QED) is 0.864. The maximum atomic E-state index is 13.5. The minimum atomic E-state index is -0.347. The molecule has 0 saturated heterocycles. The number of nitrogens with zero attached hydrogens (tertiary/aromatic N) is 3. The minimum Gasteiger partial charge on any atom is -0.483 e. The molecule has 5 heteroatoms. The summed E-state index contributed by atoms with van der Waals surface area (Å²) < 4.78 is 21.2. The number of fused-ring (bicyclic) bond motifs is 1. The molecule has 1 aromatic heterocycles. The summed E-state index contributed by atoms with van der Waals surface area (Å²) in [6.45, 7) is 1.19. The number of aryl methyl sites for hydroxylation is 1. The Morgan fingerprint density at radius 2 is 1.95 bits per heavy atom. The monoisotopic (exact) mass is 275 g/mol. The minimum absolute atomic E-state index is 0.258. The second-order valence-corrected chi connectivity index (χ2v) is 5.07. The topological polar surface area (TPSA) is 39.9 Å². The zero-order chi connectivity index (χ0) is 13.8. The first kappa shape index (κ1) is 13.1. The number of hydrogen-bond donors (Lipinski definition) is 0. The van der Waals surface area contributed by atoms with Crippen LogP contribution in [-0.2, 0) is 19.6 Å². The predicted octanol–water partition coefficient (Wildman–Crippen LogP) is 3.11. The molecular formula is C15H18FN3O. The van der Waals surface area contributed by atoms with Crippen LogP contribution in [0.3, 0.4) is 0 Å². The largest absolute Gasteiger partial charge is 0.483 e. The van der Waals surface area contributed by atoms with Crippen LogP contribution in [0.2, 0.25) is 0 Å². The Kier molecular flexibility index (Phi) is 3.95. The summed E-state index contributed by atoms with van der Waals surface area (Å²) in [5.41, 5.74) is 0. The van der Waals surface area contributed by atoms with Crippen LogP contribution in [-0.4, -0.2) is 14.8 Å². The van der Waals surface area contributed by atoms with Crippen molar-refractivity contribution in [2.45, 2.75) is 45.3 Å². The average Bonchev–Trinajstić information content (AvgIpc) is 2.79. The Balaban J connectivity index is 1.73. The molecule has 0 bridgehead atoms. The molecule has 0 aliphatic carbocycles. The second-order valence-electron chi connectivity index (χ2n) is 5.07. The summed E-state index contributed by atoms with van der Waals surface area (Å²) in [6, 6.07) is 6.42. The van der Waals surface area contributed by atoms with Crippen LogP contribution >= 0.6 is 0 Å². The number of benzene rings is 1. The van der Waals surface area contributed by atoms with Gasteiger partial charge in [0.1, 0.15) is 12.4 Å². The number of para-hydroxylation sites is 1. The fourth-order valence-electron chi connectivity index (χ4n) is 2.53. The highest BCUT2D eigenvalue weighted by Crippen LogP contribution is 2.18. The van der Waals surface area contributed by atoms with E-state index in [1.54, 1.807) is 18.2 Å². The third-order valence-electron chi connectivity index (χ3n) is 3.63. The van der Waals surface area contributed by atoms with E-state index in [0.717, 1.165) is 37.5 Å². The summed E-state index contributed by atoms with van der Waals surface area (Å²) in [5, 5.41) is 8.42. The van der Waals surface area contributed by atoms with Crippen molar-refractivity contribution in [1.82, 2.24) is 14.8 Å². The molecule has 0 N–H and O–H groups in total. The van der Waals surface area contributed by atoms with Gasteiger partial charge in [0.25, 0.3) is 0 Å². The normalized spacial score (nSPS) is 15.2. The highest BCUT2D eigenvalue weighted by atomic mass is 19.1. The van der Waals surface area contributed by atoms with Gasteiger partial charge in [0.05, 0.1) is 0 Å². The molecule has 1 aromatic carbocycles. The van der Waals surface area contributed by atoms with Gasteiger partial charge < -0.3 is 9.30 Å². The van der Waals surface area contributed by atoms with Crippen LogP contribution in [0, 0.1) is 5.82 Å². The van der Waals surface area contributed by atoms with Crippen molar-refractivity contribution >= 4 is 0 Å². The zero-order valence-electron chi connectivity index (χ0n) is 11.4. The van der Waals surface area contributed by atoms with Crippen molar-refractivity contribution in [2.24, 2.45) is 0 Å². The van der Waals surface area contributed by atoms with Gasteiger partial charge in [-0.05, 0) is 25.0 Å². The van der Waals surface area contributed by atoms with Crippen molar-refractivity contribution < 1.29 is 9.13 Å².